The van der Waals surface area contributed by atoms with Crippen LogP contribution in [-0.2, 0) is 4.43 Å². The van der Waals surface area contributed by atoms with Gasteiger partial charge in [-0.15, -0.1) is 0 Å². The first-order chi connectivity index (χ1) is 8.76. The Labute approximate surface area is 120 Å². The van der Waals surface area contributed by atoms with Gasteiger partial charge < -0.3 is 4.74 Å². The molecule has 0 bridgehead atoms. The van der Waals surface area contributed by atoms with E-state index in [-0.39, 0.29) is 5.91 Å². The van der Waals surface area contributed by atoms with Crippen molar-refractivity contribution in [3.63, 3.8) is 0 Å². The summed E-state index contributed by atoms with van der Waals surface area (Å²) in [6, 6.07) is 9.27. The Kier molecular flexibility index (Phi) is 4.41. The molecule has 1 aromatic carbocycles. The van der Waals surface area contributed by atoms with Crippen LogP contribution in [0.15, 0.2) is 42.7 Å². The van der Waals surface area contributed by atoms with Gasteiger partial charge in [-0.2, -0.15) is 0 Å². The van der Waals surface area contributed by atoms with Gasteiger partial charge in [0.2, 0.25) is 0 Å². The summed E-state index contributed by atoms with van der Waals surface area (Å²) in [5.74, 6) is 0.574. The van der Waals surface area contributed by atoms with Crippen LogP contribution in [0.2, 0.25) is 0 Å². The van der Waals surface area contributed by atoms with Gasteiger partial charge in [-0.3, -0.25) is 9.36 Å². The molecule has 0 aliphatic rings. The van der Waals surface area contributed by atoms with Crippen LogP contribution in [0.4, 0.5) is 0 Å². The van der Waals surface area contributed by atoms with Gasteiger partial charge in [0.15, 0.2) is 0 Å². The molecule has 0 saturated heterocycles. The Hall–Kier alpha value is -1.30. The Morgan fingerprint density at radius 2 is 2.11 bits per heavy atom. The van der Waals surface area contributed by atoms with Crippen LogP contribution in [0.5, 0.6) is 5.75 Å². The lowest BCUT2D eigenvalue weighted by Gasteiger charge is -2.09. The number of nitrogens with zero attached hydrogens (tertiary/aromatic N) is 1. The number of carbonyl (C=O) groups excluding carboxylic acids is 1. The summed E-state index contributed by atoms with van der Waals surface area (Å²) >= 11 is 2.28. The molecule has 4 heteroatoms. The molecule has 0 spiro atoms. The first-order valence-electron chi connectivity index (χ1n) is 5.75. The molecule has 2 aromatic rings. The van der Waals surface area contributed by atoms with Crippen molar-refractivity contribution in [1.82, 2.24) is 4.57 Å². The molecule has 1 aromatic heterocycles. The molecule has 0 saturated carbocycles. The molecule has 3 nitrogen and oxygen atoms in total. The van der Waals surface area contributed by atoms with E-state index < -0.39 is 0 Å². The quantitative estimate of drug-likeness (QED) is 0.621. The molecule has 18 heavy (non-hydrogen) atoms. The van der Waals surface area contributed by atoms with E-state index >= 15 is 0 Å². The van der Waals surface area contributed by atoms with Gasteiger partial charge in [-0.1, -0.05) is 34.7 Å². The van der Waals surface area contributed by atoms with Gasteiger partial charge in [-0.05, 0) is 30.7 Å². The van der Waals surface area contributed by atoms with Gasteiger partial charge in [0.25, 0.3) is 5.91 Å². The molecule has 0 unspecified atom stereocenters. The van der Waals surface area contributed by atoms with Crippen molar-refractivity contribution in [1.29, 1.82) is 0 Å². The molecule has 0 amide bonds. The maximum absolute atomic E-state index is 12.4. The van der Waals surface area contributed by atoms with Crippen molar-refractivity contribution in [3.05, 3.63) is 53.9 Å². The van der Waals surface area contributed by atoms with E-state index in [0.29, 0.717) is 17.9 Å². The third-order valence-electron chi connectivity index (χ3n) is 2.56. The summed E-state index contributed by atoms with van der Waals surface area (Å²) in [6.45, 7) is 2.46. The molecule has 0 N–H and O–H groups in total. The average molecular weight is 355 g/mol. The fourth-order valence-corrected chi connectivity index (χ4v) is 2.16. The highest BCUT2D eigenvalue weighted by atomic mass is 127. The molecule has 0 radical (unpaired) electrons. The molecule has 0 fully saturated rings. The first kappa shape index (κ1) is 13.1. The third-order valence-corrected chi connectivity index (χ3v) is 3.44. The van der Waals surface area contributed by atoms with Crippen LogP contribution in [0, 0.1) is 0 Å². The smallest absolute Gasteiger partial charge is 0.265 e. The van der Waals surface area contributed by atoms with Crippen LogP contribution in [0.25, 0.3) is 0 Å². The number of benzene rings is 1. The van der Waals surface area contributed by atoms with Crippen molar-refractivity contribution in [3.8, 4) is 5.75 Å². The zero-order valence-electron chi connectivity index (χ0n) is 10.1. The average Bonchev–Trinajstić information content (AvgIpc) is 2.88. The third kappa shape index (κ3) is 2.75. The van der Waals surface area contributed by atoms with Crippen LogP contribution in [-0.4, -0.2) is 17.1 Å². The number of rotatable bonds is 4. The molecule has 2 rings (SSSR count). The molecule has 0 aliphatic heterocycles. The van der Waals surface area contributed by atoms with E-state index in [1.165, 1.54) is 0 Å². The van der Waals surface area contributed by atoms with Crippen molar-refractivity contribution in [2.45, 2.75) is 11.4 Å². The van der Waals surface area contributed by atoms with E-state index in [0.717, 1.165) is 9.99 Å². The Morgan fingerprint density at radius 1 is 1.33 bits per heavy atom. The van der Waals surface area contributed by atoms with Crippen molar-refractivity contribution in [2.75, 3.05) is 6.61 Å². The maximum atomic E-state index is 12.4. The standard InChI is InChI=1S/C14H14INO2/c1-2-18-13-6-4-3-5-12(13)14(17)16-8-7-11(9-15)10-16/h3-8,10H,2,9H2,1H3. The zero-order chi connectivity index (χ0) is 13.0. The highest BCUT2D eigenvalue weighted by Crippen LogP contribution is 2.20. The van der Waals surface area contributed by atoms with Crippen molar-refractivity contribution in [2.24, 2.45) is 0 Å². The second-order valence-corrected chi connectivity index (χ2v) is 4.56. The summed E-state index contributed by atoms with van der Waals surface area (Å²) in [4.78, 5) is 12.4. The predicted molar refractivity (Wildman–Crippen MR) is 79.5 cm³/mol. The summed E-state index contributed by atoms with van der Waals surface area (Å²) in [5.41, 5.74) is 1.73. The lowest BCUT2D eigenvalue weighted by atomic mass is 10.2. The largest absolute Gasteiger partial charge is 0.493 e. The summed E-state index contributed by atoms with van der Waals surface area (Å²) in [5, 5.41) is 0. The summed E-state index contributed by atoms with van der Waals surface area (Å²) < 4.78 is 7.97. The van der Waals surface area contributed by atoms with Gasteiger partial charge in [-0.25, -0.2) is 0 Å². The molecule has 1 heterocycles. The Morgan fingerprint density at radius 3 is 2.78 bits per heavy atom. The van der Waals surface area contributed by atoms with Crippen LogP contribution < -0.4 is 4.74 Å². The number of hydrogen-bond donors (Lipinski definition) is 0. The molecule has 0 aliphatic carbocycles. The second-order valence-electron chi connectivity index (χ2n) is 3.79. The highest BCUT2D eigenvalue weighted by molar-refractivity contribution is 14.1. The minimum atomic E-state index is -0.0600. The van der Waals surface area contributed by atoms with Crippen LogP contribution in [0.3, 0.4) is 0 Å². The number of carbonyl (C=O) groups is 1. The SMILES string of the molecule is CCOc1ccccc1C(=O)n1ccc(CI)c1. The fraction of sp³-hybridized carbons (Fsp3) is 0.214. The summed E-state index contributed by atoms with van der Waals surface area (Å²) in [7, 11) is 0. The lowest BCUT2D eigenvalue weighted by Crippen LogP contribution is -2.11. The highest BCUT2D eigenvalue weighted by Gasteiger charge is 2.13. The Balaban J connectivity index is 2.33. The van der Waals surface area contributed by atoms with Crippen LogP contribution >= 0.6 is 22.6 Å². The second kappa shape index (κ2) is 6.04. The normalized spacial score (nSPS) is 10.3. The monoisotopic (exact) mass is 355 g/mol. The van der Waals surface area contributed by atoms with E-state index in [4.69, 9.17) is 4.74 Å². The van der Waals surface area contributed by atoms with Crippen LogP contribution in [0.1, 0.15) is 22.8 Å². The number of ether oxygens (including phenoxy) is 1. The van der Waals surface area contributed by atoms with E-state index in [1.807, 2.05) is 37.4 Å². The number of para-hydroxylation sites is 1. The molecule has 94 valence electrons. The molecular formula is C14H14INO2. The number of alkyl halides is 1. The fourth-order valence-electron chi connectivity index (χ4n) is 1.71. The number of hydrogen-bond acceptors (Lipinski definition) is 2. The van der Waals surface area contributed by atoms with E-state index in [2.05, 4.69) is 22.6 Å². The number of aromatic nitrogens is 1. The Bertz CT molecular complexity index is 548. The van der Waals surface area contributed by atoms with Crippen molar-refractivity contribution >= 4 is 28.5 Å². The first-order valence-corrected chi connectivity index (χ1v) is 7.28. The van der Waals surface area contributed by atoms with Gasteiger partial charge in [0, 0.05) is 16.8 Å². The van der Waals surface area contributed by atoms with Gasteiger partial charge in [0.1, 0.15) is 5.75 Å². The minimum absolute atomic E-state index is 0.0600. The predicted octanol–water partition coefficient (Wildman–Crippen LogP) is 3.51. The van der Waals surface area contributed by atoms with Gasteiger partial charge in [0.05, 0.1) is 12.2 Å². The van der Waals surface area contributed by atoms with Gasteiger partial charge >= 0.3 is 0 Å². The topological polar surface area (TPSA) is 31.2 Å². The lowest BCUT2D eigenvalue weighted by molar-refractivity contribution is 0.0956. The summed E-state index contributed by atoms with van der Waals surface area (Å²) in [6.07, 6.45) is 3.65. The minimum Gasteiger partial charge on any atom is -0.493 e. The zero-order valence-corrected chi connectivity index (χ0v) is 12.3. The number of halogens is 1. The van der Waals surface area contributed by atoms with E-state index in [9.17, 15) is 4.79 Å². The van der Waals surface area contributed by atoms with E-state index in [1.54, 1.807) is 16.8 Å². The molecular weight excluding hydrogens is 341 g/mol. The maximum Gasteiger partial charge on any atom is 0.265 e. The van der Waals surface area contributed by atoms with Crippen molar-refractivity contribution < 1.29 is 9.53 Å². The molecule has 0 atom stereocenters.